The molecule has 1 aliphatic rings. The zero-order valence-corrected chi connectivity index (χ0v) is 12.3. The number of carbonyl (C=O) groups is 2. The number of likely N-dealkylation sites (N-methyl/N-ethyl adjacent to an activating group) is 1. The number of hydrogen-bond donors (Lipinski definition) is 2. The van der Waals surface area contributed by atoms with Gasteiger partial charge in [0.1, 0.15) is 11.9 Å². The third-order valence-corrected chi connectivity index (χ3v) is 3.94. The topological polar surface area (TPSA) is 75.4 Å². The van der Waals surface area contributed by atoms with Crippen molar-refractivity contribution in [2.45, 2.75) is 32.2 Å². The molecule has 2 amide bonds. The molecule has 1 aliphatic heterocycles. The number of hydrogen-bond acceptors (Lipinski definition) is 3. The number of carbonyl (C=O) groups excluding carboxylic acids is 2. The first-order chi connectivity index (χ1) is 9.95. The number of benzene rings is 1. The van der Waals surface area contributed by atoms with Crippen molar-refractivity contribution in [1.82, 2.24) is 10.2 Å². The predicted molar refractivity (Wildman–Crippen MR) is 78.3 cm³/mol. The minimum absolute atomic E-state index is 0.186. The fraction of sp³-hybridized carbons (Fsp3) is 0.467. The first-order valence-corrected chi connectivity index (χ1v) is 7.04. The second-order valence-electron chi connectivity index (χ2n) is 5.30. The summed E-state index contributed by atoms with van der Waals surface area (Å²) in [4.78, 5) is 26.0. The molecule has 21 heavy (non-hydrogen) atoms. The van der Waals surface area contributed by atoms with E-state index in [0.717, 1.165) is 12.8 Å². The van der Waals surface area contributed by atoms with Crippen LogP contribution in [0.4, 0.5) is 10.1 Å². The summed E-state index contributed by atoms with van der Waals surface area (Å²) in [5, 5.41) is 2.57. The Labute approximate surface area is 123 Å². The minimum Gasteiger partial charge on any atom is -0.398 e. The molecule has 0 radical (unpaired) electrons. The van der Waals surface area contributed by atoms with E-state index in [0.29, 0.717) is 18.5 Å². The zero-order chi connectivity index (χ0) is 15.6. The SMILES string of the molecule is CNC(=O)C1CCCCN1C(=O)c1cc(N)c(C)c(F)c1. The molecule has 0 aromatic heterocycles. The Morgan fingerprint density at radius 2 is 2.10 bits per heavy atom. The maximum atomic E-state index is 13.8. The van der Waals surface area contributed by atoms with Crippen molar-refractivity contribution in [3.05, 3.63) is 29.1 Å². The normalized spacial score (nSPS) is 18.4. The maximum absolute atomic E-state index is 13.8. The van der Waals surface area contributed by atoms with E-state index in [-0.39, 0.29) is 23.1 Å². The number of nitrogens with zero attached hydrogens (tertiary/aromatic N) is 1. The molecule has 1 heterocycles. The van der Waals surface area contributed by atoms with Gasteiger partial charge in [-0.2, -0.15) is 0 Å². The quantitative estimate of drug-likeness (QED) is 0.811. The Bertz CT molecular complexity index is 551. The molecule has 0 aliphatic carbocycles. The van der Waals surface area contributed by atoms with E-state index in [1.807, 2.05) is 0 Å². The highest BCUT2D eigenvalue weighted by molar-refractivity contribution is 5.98. The lowest BCUT2D eigenvalue weighted by Crippen LogP contribution is -2.51. The van der Waals surface area contributed by atoms with Crippen LogP contribution in [0.2, 0.25) is 0 Å². The summed E-state index contributed by atoms with van der Waals surface area (Å²) < 4.78 is 13.8. The molecule has 1 unspecified atom stereocenters. The standard InChI is InChI=1S/C15H20FN3O2/c1-9-11(16)7-10(8-12(9)17)15(21)19-6-4-3-5-13(19)14(20)18-2/h7-8,13H,3-6,17H2,1-2H3,(H,18,20). The van der Waals surface area contributed by atoms with Gasteiger partial charge >= 0.3 is 0 Å². The van der Waals surface area contributed by atoms with Crippen LogP contribution < -0.4 is 11.1 Å². The summed E-state index contributed by atoms with van der Waals surface area (Å²) in [7, 11) is 1.54. The van der Waals surface area contributed by atoms with Gasteiger partial charge in [0.05, 0.1) is 0 Å². The van der Waals surface area contributed by atoms with Crippen molar-refractivity contribution >= 4 is 17.5 Å². The van der Waals surface area contributed by atoms with Crippen molar-refractivity contribution in [2.24, 2.45) is 0 Å². The Kier molecular flexibility index (Phi) is 4.45. The lowest BCUT2D eigenvalue weighted by molar-refractivity contribution is -0.126. The van der Waals surface area contributed by atoms with E-state index in [1.54, 1.807) is 14.0 Å². The van der Waals surface area contributed by atoms with E-state index in [2.05, 4.69) is 5.32 Å². The van der Waals surface area contributed by atoms with Crippen LogP contribution >= 0.6 is 0 Å². The molecule has 0 spiro atoms. The molecule has 1 aromatic rings. The molecule has 1 fully saturated rings. The van der Waals surface area contributed by atoms with Gasteiger partial charge in [0.25, 0.3) is 5.91 Å². The number of amides is 2. The van der Waals surface area contributed by atoms with Crippen LogP contribution in [0.25, 0.3) is 0 Å². The van der Waals surface area contributed by atoms with E-state index in [4.69, 9.17) is 5.73 Å². The first kappa shape index (κ1) is 15.3. The van der Waals surface area contributed by atoms with Crippen LogP contribution in [-0.4, -0.2) is 36.3 Å². The number of nitrogen functional groups attached to an aromatic ring is 1. The summed E-state index contributed by atoms with van der Waals surface area (Å²) >= 11 is 0. The van der Waals surface area contributed by atoms with Crippen molar-refractivity contribution in [3.63, 3.8) is 0 Å². The second-order valence-corrected chi connectivity index (χ2v) is 5.30. The van der Waals surface area contributed by atoms with Gasteiger partial charge in [-0.3, -0.25) is 9.59 Å². The highest BCUT2D eigenvalue weighted by Crippen LogP contribution is 2.23. The molecule has 3 N–H and O–H groups in total. The zero-order valence-electron chi connectivity index (χ0n) is 12.3. The molecule has 6 heteroatoms. The molecule has 5 nitrogen and oxygen atoms in total. The summed E-state index contributed by atoms with van der Waals surface area (Å²) in [5.41, 5.74) is 6.48. The van der Waals surface area contributed by atoms with Crippen LogP contribution in [0.15, 0.2) is 12.1 Å². The lowest BCUT2D eigenvalue weighted by Gasteiger charge is -2.34. The van der Waals surface area contributed by atoms with Crippen LogP contribution in [0.1, 0.15) is 35.2 Å². The molecule has 1 aromatic carbocycles. The summed E-state index contributed by atoms with van der Waals surface area (Å²) in [6.45, 7) is 2.06. The number of likely N-dealkylation sites (tertiary alicyclic amines) is 1. The van der Waals surface area contributed by atoms with Crippen LogP contribution in [0.5, 0.6) is 0 Å². The molecule has 114 valence electrons. The van der Waals surface area contributed by atoms with E-state index >= 15 is 0 Å². The van der Waals surface area contributed by atoms with Crippen molar-refractivity contribution in [3.8, 4) is 0 Å². The molecule has 0 saturated carbocycles. The minimum atomic E-state index is -0.508. The lowest BCUT2D eigenvalue weighted by atomic mass is 9.99. The van der Waals surface area contributed by atoms with Gasteiger partial charge in [-0.25, -0.2) is 4.39 Å². The Balaban J connectivity index is 2.31. The van der Waals surface area contributed by atoms with Gasteiger partial charge < -0.3 is 16.0 Å². The van der Waals surface area contributed by atoms with Crippen molar-refractivity contribution in [2.75, 3.05) is 19.3 Å². The van der Waals surface area contributed by atoms with Gasteiger partial charge in [0, 0.05) is 30.4 Å². The highest BCUT2D eigenvalue weighted by Gasteiger charge is 2.32. The largest absolute Gasteiger partial charge is 0.398 e. The molecule has 1 atom stereocenters. The number of nitrogens with two attached hydrogens (primary N) is 1. The predicted octanol–water partition coefficient (Wildman–Crippen LogP) is 1.46. The number of anilines is 1. The molecular formula is C15H20FN3O2. The Morgan fingerprint density at radius 1 is 1.38 bits per heavy atom. The third kappa shape index (κ3) is 2.99. The van der Waals surface area contributed by atoms with Crippen molar-refractivity contribution < 1.29 is 14.0 Å². The number of piperidine rings is 1. The molecule has 0 bridgehead atoms. The number of halogens is 1. The van der Waals surface area contributed by atoms with Crippen LogP contribution in [0, 0.1) is 12.7 Å². The monoisotopic (exact) mass is 293 g/mol. The second kappa shape index (κ2) is 6.11. The van der Waals surface area contributed by atoms with Crippen LogP contribution in [0.3, 0.4) is 0 Å². The van der Waals surface area contributed by atoms with E-state index < -0.39 is 11.9 Å². The van der Waals surface area contributed by atoms with E-state index in [9.17, 15) is 14.0 Å². The number of nitrogens with one attached hydrogen (secondary N) is 1. The third-order valence-electron chi connectivity index (χ3n) is 3.94. The maximum Gasteiger partial charge on any atom is 0.254 e. The average molecular weight is 293 g/mol. The average Bonchev–Trinajstić information content (AvgIpc) is 2.50. The summed E-state index contributed by atoms with van der Waals surface area (Å²) in [6.07, 6.45) is 2.35. The Morgan fingerprint density at radius 3 is 2.71 bits per heavy atom. The van der Waals surface area contributed by atoms with Gasteiger partial charge in [0.15, 0.2) is 0 Å². The molecule has 2 rings (SSSR count). The summed E-state index contributed by atoms with van der Waals surface area (Å²) in [5.74, 6) is -1.05. The number of rotatable bonds is 2. The molecular weight excluding hydrogens is 273 g/mol. The van der Waals surface area contributed by atoms with Crippen molar-refractivity contribution in [1.29, 1.82) is 0 Å². The van der Waals surface area contributed by atoms with Gasteiger partial charge in [-0.15, -0.1) is 0 Å². The summed E-state index contributed by atoms with van der Waals surface area (Å²) in [6, 6.07) is 2.15. The van der Waals surface area contributed by atoms with Gasteiger partial charge in [-0.1, -0.05) is 0 Å². The smallest absolute Gasteiger partial charge is 0.254 e. The van der Waals surface area contributed by atoms with Crippen LogP contribution in [-0.2, 0) is 4.79 Å². The van der Waals surface area contributed by atoms with E-state index in [1.165, 1.54) is 17.0 Å². The Hall–Kier alpha value is -2.11. The molecule has 1 saturated heterocycles. The fourth-order valence-electron chi connectivity index (χ4n) is 2.60. The first-order valence-electron chi connectivity index (χ1n) is 7.04. The fourth-order valence-corrected chi connectivity index (χ4v) is 2.60. The van der Waals surface area contributed by atoms with Gasteiger partial charge in [-0.05, 0) is 38.3 Å². The van der Waals surface area contributed by atoms with Gasteiger partial charge in [0.2, 0.25) is 5.91 Å². The highest BCUT2D eigenvalue weighted by atomic mass is 19.1.